The fraction of sp³-hybridized carbons (Fsp3) is 0.412. The van der Waals surface area contributed by atoms with Crippen LogP contribution in [0.1, 0.15) is 39.0 Å². The minimum absolute atomic E-state index is 0.0869. The molecule has 0 bridgehead atoms. The van der Waals surface area contributed by atoms with Gasteiger partial charge in [0.1, 0.15) is 11.4 Å². The molecule has 6 heteroatoms. The van der Waals surface area contributed by atoms with Crippen molar-refractivity contribution in [3.8, 4) is 0 Å². The van der Waals surface area contributed by atoms with Crippen molar-refractivity contribution in [3.05, 3.63) is 39.6 Å². The molecule has 1 aromatic carbocycles. The quantitative estimate of drug-likeness (QED) is 0.784. The van der Waals surface area contributed by atoms with Gasteiger partial charge in [-0.05, 0) is 50.8 Å². The van der Waals surface area contributed by atoms with Crippen LogP contribution in [-0.4, -0.2) is 17.5 Å². The molecule has 1 amide bonds. The smallest absolute Gasteiger partial charge is 0.335 e. The van der Waals surface area contributed by atoms with Crippen molar-refractivity contribution in [1.29, 1.82) is 0 Å². The molecule has 0 saturated heterocycles. The standard InChI is InChI=1S/C17H17BrFNO3/c1-10-14(17(23-16(10)22)7-3-2-4-8-17)15(21)20-13-6-5-11(18)9-12(13)19/h5-6,9H,2-4,7-8H2,1H3,(H,20,21). The SMILES string of the molecule is CC1=C(C(=O)Nc2ccc(Br)cc2F)C2(CCCCC2)OC1=O. The van der Waals surface area contributed by atoms with E-state index in [1.807, 2.05) is 0 Å². The molecule has 1 aromatic rings. The molecule has 4 nitrogen and oxygen atoms in total. The third kappa shape index (κ3) is 2.92. The largest absolute Gasteiger partial charge is 0.451 e. The van der Waals surface area contributed by atoms with Crippen LogP contribution in [0.15, 0.2) is 33.8 Å². The number of benzene rings is 1. The number of hydrogen-bond donors (Lipinski definition) is 1. The Labute approximate surface area is 142 Å². The molecule has 1 heterocycles. The molecule has 1 fully saturated rings. The van der Waals surface area contributed by atoms with Crippen LogP contribution in [0.3, 0.4) is 0 Å². The van der Waals surface area contributed by atoms with E-state index in [9.17, 15) is 14.0 Å². The van der Waals surface area contributed by atoms with Gasteiger partial charge in [-0.15, -0.1) is 0 Å². The van der Waals surface area contributed by atoms with Gasteiger partial charge >= 0.3 is 5.97 Å². The number of esters is 1. The minimum Gasteiger partial charge on any atom is -0.451 e. The maximum atomic E-state index is 13.9. The average Bonchev–Trinajstić information content (AvgIpc) is 2.73. The zero-order valence-corrected chi connectivity index (χ0v) is 14.3. The lowest BCUT2D eigenvalue weighted by atomic mass is 9.78. The maximum absolute atomic E-state index is 13.9. The van der Waals surface area contributed by atoms with Gasteiger partial charge in [-0.2, -0.15) is 0 Å². The van der Waals surface area contributed by atoms with Gasteiger partial charge in [-0.25, -0.2) is 9.18 Å². The summed E-state index contributed by atoms with van der Waals surface area (Å²) in [6.45, 7) is 1.60. The summed E-state index contributed by atoms with van der Waals surface area (Å²) in [5.74, 6) is -1.45. The molecule has 2 aliphatic rings. The summed E-state index contributed by atoms with van der Waals surface area (Å²) in [5.41, 5.74) is -0.0785. The number of anilines is 1. The van der Waals surface area contributed by atoms with Crippen LogP contribution in [0.2, 0.25) is 0 Å². The number of amides is 1. The van der Waals surface area contributed by atoms with Gasteiger partial charge in [0.2, 0.25) is 0 Å². The van der Waals surface area contributed by atoms with Gasteiger partial charge in [-0.1, -0.05) is 22.4 Å². The predicted molar refractivity (Wildman–Crippen MR) is 87.3 cm³/mol. The van der Waals surface area contributed by atoms with Gasteiger partial charge in [-0.3, -0.25) is 4.79 Å². The number of nitrogens with one attached hydrogen (secondary N) is 1. The maximum Gasteiger partial charge on any atom is 0.335 e. The monoisotopic (exact) mass is 381 g/mol. The Morgan fingerprint density at radius 1 is 1.30 bits per heavy atom. The Bertz CT molecular complexity index is 708. The van der Waals surface area contributed by atoms with E-state index in [0.717, 1.165) is 19.3 Å². The fourth-order valence-corrected chi connectivity index (χ4v) is 3.71. The third-order valence-electron chi connectivity index (χ3n) is 4.49. The Morgan fingerprint density at radius 2 is 2.00 bits per heavy atom. The average molecular weight is 382 g/mol. The zero-order valence-electron chi connectivity index (χ0n) is 12.7. The lowest BCUT2D eigenvalue weighted by molar-refractivity contribution is -0.149. The van der Waals surface area contributed by atoms with E-state index in [1.54, 1.807) is 13.0 Å². The number of carbonyl (C=O) groups excluding carboxylic acids is 2. The van der Waals surface area contributed by atoms with Crippen LogP contribution in [0.5, 0.6) is 0 Å². The lowest BCUT2D eigenvalue weighted by Crippen LogP contribution is -2.39. The van der Waals surface area contributed by atoms with Crippen molar-refractivity contribution >= 4 is 33.5 Å². The molecular weight excluding hydrogens is 365 g/mol. The molecular formula is C17H17BrFNO3. The van der Waals surface area contributed by atoms with E-state index in [0.29, 0.717) is 28.5 Å². The summed E-state index contributed by atoms with van der Waals surface area (Å²) in [6, 6.07) is 4.41. The highest BCUT2D eigenvalue weighted by molar-refractivity contribution is 9.10. The first-order valence-electron chi connectivity index (χ1n) is 7.64. The van der Waals surface area contributed by atoms with Crippen molar-refractivity contribution in [2.45, 2.75) is 44.6 Å². The normalized spacial score (nSPS) is 19.9. The van der Waals surface area contributed by atoms with Crippen LogP contribution in [0.4, 0.5) is 10.1 Å². The Balaban J connectivity index is 1.91. The number of halogens is 2. The molecule has 0 aromatic heterocycles. The topological polar surface area (TPSA) is 55.4 Å². The number of rotatable bonds is 2. The molecule has 23 heavy (non-hydrogen) atoms. The van der Waals surface area contributed by atoms with Crippen LogP contribution in [-0.2, 0) is 14.3 Å². The summed E-state index contributed by atoms with van der Waals surface area (Å²) in [6.07, 6.45) is 4.16. The summed E-state index contributed by atoms with van der Waals surface area (Å²) in [5, 5.41) is 2.58. The second kappa shape index (κ2) is 6.07. The highest BCUT2D eigenvalue weighted by atomic mass is 79.9. The van der Waals surface area contributed by atoms with Crippen molar-refractivity contribution < 1.29 is 18.7 Å². The van der Waals surface area contributed by atoms with Gasteiger partial charge in [0, 0.05) is 10.0 Å². The van der Waals surface area contributed by atoms with E-state index >= 15 is 0 Å². The first-order valence-corrected chi connectivity index (χ1v) is 8.43. The summed E-state index contributed by atoms with van der Waals surface area (Å²) in [7, 11) is 0. The molecule has 1 saturated carbocycles. The van der Waals surface area contributed by atoms with Crippen molar-refractivity contribution in [2.24, 2.45) is 0 Å². The second-order valence-electron chi connectivity index (χ2n) is 6.02. The Morgan fingerprint density at radius 3 is 2.65 bits per heavy atom. The van der Waals surface area contributed by atoms with Crippen LogP contribution in [0.25, 0.3) is 0 Å². The molecule has 0 radical (unpaired) electrons. The number of hydrogen-bond acceptors (Lipinski definition) is 3. The molecule has 3 rings (SSSR count). The predicted octanol–water partition coefficient (Wildman–Crippen LogP) is 4.10. The molecule has 0 atom stereocenters. The Kier molecular flexibility index (Phi) is 4.27. The fourth-order valence-electron chi connectivity index (χ4n) is 3.38. The second-order valence-corrected chi connectivity index (χ2v) is 6.94. The van der Waals surface area contributed by atoms with E-state index < -0.39 is 23.3 Å². The minimum atomic E-state index is -0.838. The highest BCUT2D eigenvalue weighted by Crippen LogP contribution is 2.44. The van der Waals surface area contributed by atoms with Crippen molar-refractivity contribution in [3.63, 3.8) is 0 Å². The van der Waals surface area contributed by atoms with Crippen molar-refractivity contribution in [1.82, 2.24) is 0 Å². The number of ether oxygens (including phenoxy) is 1. The summed E-state index contributed by atoms with van der Waals surface area (Å²) >= 11 is 3.18. The van der Waals surface area contributed by atoms with Gasteiger partial charge in [0.05, 0.1) is 11.3 Å². The molecule has 1 N–H and O–H groups in total. The number of carbonyl (C=O) groups is 2. The van der Waals surface area contributed by atoms with E-state index in [4.69, 9.17) is 4.74 Å². The first kappa shape index (κ1) is 16.2. The summed E-state index contributed by atoms with van der Waals surface area (Å²) < 4.78 is 20.1. The molecule has 122 valence electrons. The van der Waals surface area contributed by atoms with Gasteiger partial charge in [0.15, 0.2) is 0 Å². The lowest BCUT2D eigenvalue weighted by Gasteiger charge is -2.34. The zero-order chi connectivity index (χ0) is 16.6. The summed E-state index contributed by atoms with van der Waals surface area (Å²) in [4.78, 5) is 24.7. The van der Waals surface area contributed by atoms with Gasteiger partial charge < -0.3 is 10.1 Å². The van der Waals surface area contributed by atoms with Crippen LogP contribution >= 0.6 is 15.9 Å². The van der Waals surface area contributed by atoms with Gasteiger partial charge in [0.25, 0.3) is 5.91 Å². The molecule has 1 aliphatic heterocycles. The van der Waals surface area contributed by atoms with Crippen LogP contribution < -0.4 is 5.32 Å². The Hall–Kier alpha value is -1.69. The molecule has 1 spiro atoms. The van der Waals surface area contributed by atoms with E-state index in [1.165, 1.54) is 12.1 Å². The molecule has 1 aliphatic carbocycles. The van der Waals surface area contributed by atoms with Crippen molar-refractivity contribution in [2.75, 3.05) is 5.32 Å². The molecule has 0 unspecified atom stereocenters. The first-order chi connectivity index (χ1) is 10.9. The van der Waals surface area contributed by atoms with Crippen LogP contribution in [0, 0.1) is 5.82 Å². The third-order valence-corrected chi connectivity index (χ3v) is 4.99. The van der Waals surface area contributed by atoms with E-state index in [-0.39, 0.29) is 5.69 Å². The van der Waals surface area contributed by atoms with E-state index in [2.05, 4.69) is 21.2 Å². The highest BCUT2D eigenvalue weighted by Gasteiger charge is 2.49.